The fourth-order valence-corrected chi connectivity index (χ4v) is 3.98. The Balaban J connectivity index is 1.78. The number of carbonyl (C=O) groups excluding carboxylic acids is 1. The molecule has 2 aromatic rings. The van der Waals surface area contributed by atoms with Gasteiger partial charge in [0.05, 0.1) is 16.9 Å². The van der Waals surface area contributed by atoms with Crippen LogP contribution in [0.15, 0.2) is 18.2 Å². The number of alkyl halides is 3. The Morgan fingerprint density at radius 2 is 1.87 bits per heavy atom. The van der Waals surface area contributed by atoms with E-state index in [0.717, 1.165) is 25.0 Å². The van der Waals surface area contributed by atoms with E-state index in [4.69, 9.17) is 0 Å². The van der Waals surface area contributed by atoms with E-state index in [-0.39, 0.29) is 22.9 Å². The Morgan fingerprint density at radius 3 is 2.43 bits per heavy atom. The van der Waals surface area contributed by atoms with Crippen molar-refractivity contribution in [1.82, 2.24) is 15.1 Å². The Bertz CT molecular complexity index is 923. The first kappa shape index (κ1) is 22.3. The maximum Gasteiger partial charge on any atom is 0.416 e. The summed E-state index contributed by atoms with van der Waals surface area (Å²) in [6.07, 6.45) is -2.51. The van der Waals surface area contributed by atoms with Crippen LogP contribution >= 0.6 is 0 Å². The molecule has 1 aromatic carbocycles. The number of halogens is 4. The molecule has 5 nitrogen and oxygen atoms in total. The van der Waals surface area contributed by atoms with Crippen LogP contribution in [0.5, 0.6) is 0 Å². The topological polar surface area (TPSA) is 69.2 Å². The van der Waals surface area contributed by atoms with E-state index in [1.807, 2.05) is 0 Å². The Labute approximate surface area is 172 Å². The average Bonchev–Trinajstić information content (AvgIpc) is 3.00. The van der Waals surface area contributed by atoms with E-state index in [1.165, 1.54) is 0 Å². The normalized spacial score (nSPS) is 16.2. The number of hydrogen-bond donors (Lipinski definition) is 2. The Kier molecular flexibility index (Phi) is 5.95. The van der Waals surface area contributed by atoms with Gasteiger partial charge in [-0.05, 0) is 64.2 Å². The molecule has 0 bridgehead atoms. The second kappa shape index (κ2) is 8.02. The summed E-state index contributed by atoms with van der Waals surface area (Å²) >= 11 is 0. The van der Waals surface area contributed by atoms with Crippen LogP contribution in [0.2, 0.25) is 0 Å². The fraction of sp³-hybridized carbons (Fsp3) is 0.524. The summed E-state index contributed by atoms with van der Waals surface area (Å²) in [5.41, 5.74) is -1.24. The second-order valence-electron chi connectivity index (χ2n) is 8.55. The van der Waals surface area contributed by atoms with Crippen molar-refractivity contribution < 1.29 is 27.5 Å². The van der Waals surface area contributed by atoms with Gasteiger partial charge in [-0.1, -0.05) is 0 Å². The number of nitrogens with zero attached hydrogens (tertiary/aromatic N) is 2. The Morgan fingerprint density at radius 1 is 1.23 bits per heavy atom. The molecule has 1 amide bonds. The first-order chi connectivity index (χ1) is 13.8. The number of aliphatic hydroxyl groups is 1. The third kappa shape index (κ3) is 5.00. The van der Waals surface area contributed by atoms with Crippen molar-refractivity contribution >= 4 is 5.91 Å². The van der Waals surface area contributed by atoms with Crippen LogP contribution in [-0.2, 0) is 6.18 Å². The standard InChI is InChI=1S/C21H25F4N3O2/c1-12-17(14-8-15(21(23,24)25)10-16(22)9-14)26-27-18(12)19(29)28-6-4-13(5-7-28)11-20(2,3)30/h8-10,13,30H,4-7,11H2,1-3H3,(H,26,27). The molecule has 30 heavy (non-hydrogen) atoms. The molecular formula is C21H25F4N3O2. The number of likely N-dealkylation sites (tertiary alicyclic amines) is 1. The zero-order valence-electron chi connectivity index (χ0n) is 17.1. The van der Waals surface area contributed by atoms with Gasteiger partial charge in [0, 0.05) is 24.2 Å². The number of carbonyl (C=O) groups is 1. The van der Waals surface area contributed by atoms with E-state index in [1.54, 1.807) is 25.7 Å². The van der Waals surface area contributed by atoms with Gasteiger partial charge < -0.3 is 10.0 Å². The van der Waals surface area contributed by atoms with Crippen LogP contribution < -0.4 is 0 Å². The van der Waals surface area contributed by atoms with Crippen molar-refractivity contribution in [2.75, 3.05) is 13.1 Å². The van der Waals surface area contributed by atoms with Crippen molar-refractivity contribution in [3.63, 3.8) is 0 Å². The molecule has 0 unspecified atom stereocenters. The minimum atomic E-state index is -4.69. The molecule has 9 heteroatoms. The molecule has 1 aromatic heterocycles. The van der Waals surface area contributed by atoms with Gasteiger partial charge in [-0.3, -0.25) is 9.89 Å². The van der Waals surface area contributed by atoms with Crippen LogP contribution in [0.1, 0.15) is 54.7 Å². The number of benzene rings is 1. The molecule has 1 aliphatic rings. The van der Waals surface area contributed by atoms with E-state index in [0.29, 0.717) is 37.1 Å². The van der Waals surface area contributed by atoms with Gasteiger partial charge in [-0.2, -0.15) is 18.3 Å². The molecule has 0 aliphatic carbocycles. The molecule has 0 saturated carbocycles. The number of aromatic amines is 1. The third-order valence-electron chi connectivity index (χ3n) is 5.41. The number of hydrogen-bond acceptors (Lipinski definition) is 3. The summed E-state index contributed by atoms with van der Waals surface area (Å²) in [4.78, 5) is 14.6. The van der Waals surface area contributed by atoms with Crippen molar-refractivity contribution in [3.8, 4) is 11.3 Å². The largest absolute Gasteiger partial charge is 0.416 e. The van der Waals surface area contributed by atoms with Crippen LogP contribution in [-0.4, -0.2) is 44.8 Å². The molecule has 0 radical (unpaired) electrons. The molecule has 1 saturated heterocycles. The maximum atomic E-state index is 13.8. The number of nitrogens with one attached hydrogen (secondary N) is 1. The van der Waals surface area contributed by atoms with Crippen LogP contribution in [0.3, 0.4) is 0 Å². The van der Waals surface area contributed by atoms with E-state index in [2.05, 4.69) is 10.2 Å². The molecule has 2 heterocycles. The molecule has 164 valence electrons. The molecule has 1 aliphatic heterocycles. The minimum absolute atomic E-state index is 0.0426. The molecule has 2 N–H and O–H groups in total. The predicted molar refractivity (Wildman–Crippen MR) is 103 cm³/mol. The second-order valence-corrected chi connectivity index (χ2v) is 8.55. The highest BCUT2D eigenvalue weighted by atomic mass is 19.4. The molecule has 3 rings (SSSR count). The van der Waals surface area contributed by atoms with Crippen molar-refractivity contribution in [2.24, 2.45) is 5.92 Å². The van der Waals surface area contributed by atoms with Crippen molar-refractivity contribution in [1.29, 1.82) is 0 Å². The summed E-state index contributed by atoms with van der Waals surface area (Å²) in [6, 6.07) is 2.22. The lowest BCUT2D eigenvalue weighted by Gasteiger charge is -2.34. The summed E-state index contributed by atoms with van der Waals surface area (Å²) in [5.74, 6) is -0.995. The third-order valence-corrected chi connectivity index (χ3v) is 5.41. The molecular weight excluding hydrogens is 402 g/mol. The Hall–Kier alpha value is -2.42. The lowest BCUT2D eigenvalue weighted by Crippen LogP contribution is -2.40. The van der Waals surface area contributed by atoms with Gasteiger partial charge in [-0.25, -0.2) is 4.39 Å². The quantitative estimate of drug-likeness (QED) is 0.703. The summed E-state index contributed by atoms with van der Waals surface area (Å²) in [5, 5.41) is 16.6. The monoisotopic (exact) mass is 427 g/mol. The summed E-state index contributed by atoms with van der Waals surface area (Å²) in [7, 11) is 0. The molecule has 0 spiro atoms. The van der Waals surface area contributed by atoms with Gasteiger partial charge in [0.2, 0.25) is 0 Å². The highest BCUT2D eigenvalue weighted by Gasteiger charge is 2.33. The van der Waals surface area contributed by atoms with Crippen molar-refractivity contribution in [3.05, 3.63) is 40.8 Å². The smallest absolute Gasteiger partial charge is 0.390 e. The van der Waals surface area contributed by atoms with Gasteiger partial charge in [0.1, 0.15) is 11.5 Å². The number of H-pyrrole nitrogens is 1. The minimum Gasteiger partial charge on any atom is -0.390 e. The highest BCUT2D eigenvalue weighted by molar-refractivity contribution is 5.95. The zero-order valence-corrected chi connectivity index (χ0v) is 17.1. The zero-order chi connectivity index (χ0) is 22.3. The van der Waals surface area contributed by atoms with Crippen molar-refractivity contribution in [2.45, 2.75) is 51.8 Å². The number of piperidine rings is 1. The van der Waals surface area contributed by atoms with Gasteiger partial charge in [0.15, 0.2) is 0 Å². The lowest BCUT2D eigenvalue weighted by atomic mass is 9.86. The van der Waals surface area contributed by atoms with Crippen LogP contribution in [0, 0.1) is 18.7 Å². The maximum absolute atomic E-state index is 13.8. The van der Waals surface area contributed by atoms with E-state index < -0.39 is 23.2 Å². The number of rotatable bonds is 4. The van der Waals surface area contributed by atoms with Gasteiger partial charge >= 0.3 is 6.18 Å². The van der Waals surface area contributed by atoms with E-state index in [9.17, 15) is 27.5 Å². The first-order valence-corrected chi connectivity index (χ1v) is 9.80. The number of aromatic nitrogens is 2. The van der Waals surface area contributed by atoms with Gasteiger partial charge in [0.25, 0.3) is 5.91 Å². The predicted octanol–water partition coefficient (Wildman–Crippen LogP) is 4.56. The summed E-state index contributed by atoms with van der Waals surface area (Å²) < 4.78 is 52.8. The SMILES string of the molecule is Cc1c(-c2cc(F)cc(C(F)(F)F)c2)n[nH]c1C(=O)N1CCC(CC(C)(C)O)CC1. The highest BCUT2D eigenvalue weighted by Crippen LogP contribution is 2.34. The fourth-order valence-electron chi connectivity index (χ4n) is 3.98. The van der Waals surface area contributed by atoms with Crippen LogP contribution in [0.4, 0.5) is 17.6 Å². The average molecular weight is 427 g/mol. The molecule has 1 fully saturated rings. The first-order valence-electron chi connectivity index (χ1n) is 9.80. The molecule has 0 atom stereocenters. The number of amides is 1. The van der Waals surface area contributed by atoms with Crippen LogP contribution in [0.25, 0.3) is 11.3 Å². The van der Waals surface area contributed by atoms with E-state index >= 15 is 0 Å². The van der Waals surface area contributed by atoms with Gasteiger partial charge in [-0.15, -0.1) is 0 Å². The lowest BCUT2D eigenvalue weighted by molar-refractivity contribution is -0.137. The summed E-state index contributed by atoms with van der Waals surface area (Å²) in [6.45, 7) is 6.13.